The van der Waals surface area contributed by atoms with Crippen LogP contribution in [0.4, 0.5) is 4.39 Å². The summed E-state index contributed by atoms with van der Waals surface area (Å²) < 4.78 is 17.7. The van der Waals surface area contributed by atoms with Crippen LogP contribution in [0.25, 0.3) is 6.08 Å². The summed E-state index contributed by atoms with van der Waals surface area (Å²) >= 11 is 0. The van der Waals surface area contributed by atoms with Crippen molar-refractivity contribution in [3.05, 3.63) is 35.7 Å². The molecule has 0 aliphatic carbocycles. The molecule has 0 N–H and O–H groups in total. The number of allylic oxidation sites excluding steroid dienone is 1. The Hall–Kier alpha value is -1.75. The van der Waals surface area contributed by atoms with E-state index in [0.29, 0.717) is 11.3 Å². The number of hydrogen-bond acceptors (Lipinski definition) is 1. The fraction of sp³-hybridized carbons (Fsp3) is 0.0909. The molecule has 0 aliphatic heterocycles. The van der Waals surface area contributed by atoms with E-state index >= 15 is 0 Å². The maximum Gasteiger partial charge on any atom is 0.173 e. The highest BCUT2D eigenvalue weighted by Gasteiger charge is 1.98. The molecule has 66 valence electrons. The van der Waals surface area contributed by atoms with E-state index in [4.69, 9.17) is 11.2 Å². The summed E-state index contributed by atoms with van der Waals surface area (Å²) in [7, 11) is 1.53. The number of benzene rings is 1. The van der Waals surface area contributed by atoms with Crippen molar-refractivity contribution in [1.29, 1.82) is 0 Å². The standard InChI is InChI=1S/C11H9FO/c1-3-10(12)8-9-6-4-5-7-11(9)13-2/h1,4-8H,2H3/b10-8+. The third-order valence-electron chi connectivity index (χ3n) is 1.56. The largest absolute Gasteiger partial charge is 0.496 e. The summed E-state index contributed by atoms with van der Waals surface area (Å²) in [5.41, 5.74) is 0.639. The van der Waals surface area contributed by atoms with Gasteiger partial charge in [0.15, 0.2) is 5.83 Å². The number of para-hydroxylation sites is 1. The predicted molar refractivity (Wildman–Crippen MR) is 50.9 cm³/mol. The van der Waals surface area contributed by atoms with Crippen molar-refractivity contribution >= 4 is 6.08 Å². The minimum absolute atomic E-state index is 0.605. The van der Waals surface area contributed by atoms with Gasteiger partial charge in [0, 0.05) is 5.56 Å². The Morgan fingerprint density at radius 2 is 2.23 bits per heavy atom. The van der Waals surface area contributed by atoms with Crippen molar-refractivity contribution < 1.29 is 9.13 Å². The molecule has 0 saturated heterocycles. The zero-order valence-electron chi connectivity index (χ0n) is 7.25. The van der Waals surface area contributed by atoms with Crippen LogP contribution in [-0.4, -0.2) is 7.11 Å². The third kappa shape index (κ3) is 2.34. The highest BCUT2D eigenvalue weighted by molar-refractivity contribution is 5.61. The molecule has 0 unspecified atom stereocenters. The van der Waals surface area contributed by atoms with E-state index in [9.17, 15) is 4.39 Å². The smallest absolute Gasteiger partial charge is 0.173 e. The summed E-state index contributed by atoms with van der Waals surface area (Å²) in [6.45, 7) is 0. The van der Waals surface area contributed by atoms with Gasteiger partial charge in [-0.1, -0.05) is 18.2 Å². The van der Waals surface area contributed by atoms with Crippen LogP contribution in [0.3, 0.4) is 0 Å². The first-order chi connectivity index (χ1) is 6.27. The molecule has 0 spiro atoms. The second kappa shape index (κ2) is 4.32. The Balaban J connectivity index is 3.08. The van der Waals surface area contributed by atoms with Crippen LogP contribution in [0.5, 0.6) is 5.75 Å². The molecule has 0 fully saturated rings. The van der Waals surface area contributed by atoms with Gasteiger partial charge in [0.05, 0.1) is 7.11 Å². The van der Waals surface area contributed by atoms with Gasteiger partial charge in [-0.2, -0.15) is 4.39 Å². The highest BCUT2D eigenvalue weighted by Crippen LogP contribution is 2.20. The minimum Gasteiger partial charge on any atom is -0.496 e. The molecule has 0 saturated carbocycles. The molecule has 13 heavy (non-hydrogen) atoms. The Bertz CT molecular complexity index is 361. The molecule has 0 bridgehead atoms. The van der Waals surface area contributed by atoms with E-state index in [1.807, 2.05) is 12.0 Å². The fourth-order valence-electron chi connectivity index (χ4n) is 0.964. The lowest BCUT2D eigenvalue weighted by atomic mass is 10.2. The predicted octanol–water partition coefficient (Wildman–Crippen LogP) is 2.64. The minimum atomic E-state index is -0.607. The van der Waals surface area contributed by atoms with Gasteiger partial charge in [0.25, 0.3) is 0 Å². The maximum absolute atomic E-state index is 12.7. The molecule has 0 radical (unpaired) electrons. The molecule has 0 aromatic heterocycles. The fourth-order valence-corrected chi connectivity index (χ4v) is 0.964. The van der Waals surface area contributed by atoms with Crippen molar-refractivity contribution in [3.63, 3.8) is 0 Å². The monoisotopic (exact) mass is 176 g/mol. The average molecular weight is 176 g/mol. The van der Waals surface area contributed by atoms with Crippen LogP contribution in [0.15, 0.2) is 30.1 Å². The SMILES string of the molecule is C#C/C(F)=C\c1ccccc1OC. The third-order valence-corrected chi connectivity index (χ3v) is 1.56. The highest BCUT2D eigenvalue weighted by atomic mass is 19.1. The molecule has 0 atom stereocenters. The second-order valence-corrected chi connectivity index (χ2v) is 2.38. The van der Waals surface area contributed by atoms with Crippen LogP contribution >= 0.6 is 0 Å². The number of halogens is 1. The van der Waals surface area contributed by atoms with Crippen LogP contribution < -0.4 is 4.74 Å². The maximum atomic E-state index is 12.7. The molecule has 1 aromatic carbocycles. The Kier molecular flexibility index (Phi) is 3.10. The number of hydrogen-bond donors (Lipinski definition) is 0. The first-order valence-corrected chi connectivity index (χ1v) is 3.74. The van der Waals surface area contributed by atoms with Gasteiger partial charge in [-0.3, -0.25) is 0 Å². The van der Waals surface area contributed by atoms with Crippen molar-refractivity contribution in [2.24, 2.45) is 0 Å². The topological polar surface area (TPSA) is 9.23 Å². The summed E-state index contributed by atoms with van der Waals surface area (Å²) in [4.78, 5) is 0. The lowest BCUT2D eigenvalue weighted by Gasteiger charge is -2.02. The number of terminal acetylenes is 1. The van der Waals surface area contributed by atoms with Crippen molar-refractivity contribution in [3.8, 4) is 18.1 Å². The lowest BCUT2D eigenvalue weighted by molar-refractivity contribution is 0.413. The van der Waals surface area contributed by atoms with Gasteiger partial charge in [0.2, 0.25) is 0 Å². The molecular weight excluding hydrogens is 167 g/mol. The molecule has 0 amide bonds. The normalized spacial score (nSPS) is 10.7. The number of rotatable bonds is 2. The van der Waals surface area contributed by atoms with E-state index in [-0.39, 0.29) is 0 Å². The van der Waals surface area contributed by atoms with Crippen LogP contribution in [0, 0.1) is 12.3 Å². The van der Waals surface area contributed by atoms with Gasteiger partial charge in [-0.15, -0.1) is 6.42 Å². The summed E-state index contributed by atoms with van der Waals surface area (Å²) in [6.07, 6.45) is 6.14. The van der Waals surface area contributed by atoms with E-state index in [1.54, 1.807) is 18.2 Å². The molecule has 0 heterocycles. The second-order valence-electron chi connectivity index (χ2n) is 2.38. The van der Waals surface area contributed by atoms with Gasteiger partial charge in [-0.05, 0) is 18.1 Å². The van der Waals surface area contributed by atoms with Gasteiger partial charge >= 0.3 is 0 Å². The molecule has 1 rings (SSSR count). The van der Waals surface area contributed by atoms with E-state index in [1.165, 1.54) is 13.2 Å². The first-order valence-electron chi connectivity index (χ1n) is 3.74. The Morgan fingerprint density at radius 1 is 1.54 bits per heavy atom. The lowest BCUT2D eigenvalue weighted by Crippen LogP contribution is -1.85. The van der Waals surface area contributed by atoms with Crippen molar-refractivity contribution in [1.82, 2.24) is 0 Å². The molecule has 0 aliphatic rings. The molecule has 1 nitrogen and oxygen atoms in total. The van der Waals surface area contributed by atoms with E-state index in [2.05, 4.69) is 0 Å². The van der Waals surface area contributed by atoms with Crippen molar-refractivity contribution in [2.45, 2.75) is 0 Å². The summed E-state index contributed by atoms with van der Waals surface area (Å²) in [6, 6.07) is 7.08. The Labute approximate surface area is 76.8 Å². The molecule has 2 heteroatoms. The Morgan fingerprint density at radius 3 is 2.85 bits per heavy atom. The summed E-state index contributed by atoms with van der Waals surface area (Å²) in [5.74, 6) is 1.90. The quantitative estimate of drug-likeness (QED) is 0.629. The number of methoxy groups -OCH3 is 1. The van der Waals surface area contributed by atoms with Gasteiger partial charge in [-0.25, -0.2) is 0 Å². The zero-order chi connectivity index (χ0) is 9.68. The van der Waals surface area contributed by atoms with Crippen LogP contribution in [-0.2, 0) is 0 Å². The van der Waals surface area contributed by atoms with Gasteiger partial charge in [0.1, 0.15) is 5.75 Å². The van der Waals surface area contributed by atoms with E-state index < -0.39 is 5.83 Å². The zero-order valence-corrected chi connectivity index (χ0v) is 7.25. The van der Waals surface area contributed by atoms with Crippen molar-refractivity contribution in [2.75, 3.05) is 7.11 Å². The molecular formula is C11H9FO. The summed E-state index contributed by atoms with van der Waals surface area (Å²) in [5, 5.41) is 0. The first kappa shape index (κ1) is 9.34. The van der Waals surface area contributed by atoms with Crippen LogP contribution in [0.2, 0.25) is 0 Å². The average Bonchev–Trinajstić information content (AvgIpc) is 2.18. The van der Waals surface area contributed by atoms with Gasteiger partial charge < -0.3 is 4.74 Å². The number of ether oxygens (including phenoxy) is 1. The van der Waals surface area contributed by atoms with E-state index in [0.717, 1.165) is 0 Å². The molecule has 1 aromatic rings. The van der Waals surface area contributed by atoms with Crippen LogP contribution in [0.1, 0.15) is 5.56 Å².